The summed E-state index contributed by atoms with van der Waals surface area (Å²) in [4.78, 5) is 21.3. The minimum absolute atomic E-state index is 0.116. The van der Waals surface area contributed by atoms with E-state index in [-0.39, 0.29) is 6.42 Å². The number of anilines is 1. The van der Waals surface area contributed by atoms with Crippen LogP contribution in [-0.2, 0) is 11.2 Å². The molecule has 0 saturated heterocycles. The average molecular weight is 227 g/mol. The third-order valence-corrected chi connectivity index (χ3v) is 2.54. The first kappa shape index (κ1) is 9.92. The number of hydrogen-bond acceptors (Lipinski definition) is 3. The monoisotopic (exact) mass is 226 g/mol. The van der Waals surface area contributed by atoms with E-state index in [1.54, 1.807) is 18.2 Å². The van der Waals surface area contributed by atoms with E-state index in [1.165, 1.54) is 0 Å². The highest BCUT2D eigenvalue weighted by Crippen LogP contribution is 2.26. The number of fused-ring (bicyclic) bond motifs is 1. The maximum Gasteiger partial charge on any atom is 0.299 e. The van der Waals surface area contributed by atoms with Gasteiger partial charge in [-0.3, -0.25) is 14.9 Å². The molecule has 0 fully saturated rings. The van der Waals surface area contributed by atoms with Crippen LogP contribution in [0.2, 0.25) is 5.02 Å². The molecule has 0 saturated carbocycles. The summed E-state index contributed by atoms with van der Waals surface area (Å²) in [6.07, 6.45) is 0.116. The number of benzene rings is 1. The van der Waals surface area contributed by atoms with E-state index in [1.807, 2.05) is 0 Å². The van der Waals surface area contributed by atoms with Gasteiger partial charge in [0.15, 0.2) is 0 Å². The molecule has 0 aromatic heterocycles. The van der Waals surface area contributed by atoms with Crippen molar-refractivity contribution in [2.24, 2.45) is 0 Å². The van der Waals surface area contributed by atoms with Crippen LogP contribution in [0.3, 0.4) is 0 Å². The van der Waals surface area contributed by atoms with Crippen molar-refractivity contribution >= 4 is 23.2 Å². The molecule has 5 nitrogen and oxygen atoms in total. The second-order valence-corrected chi connectivity index (χ2v) is 3.73. The summed E-state index contributed by atoms with van der Waals surface area (Å²) in [6.45, 7) is 0. The third kappa shape index (κ3) is 1.78. The number of rotatable bonds is 1. The van der Waals surface area contributed by atoms with Gasteiger partial charge >= 0.3 is 0 Å². The first-order valence-corrected chi connectivity index (χ1v) is 4.68. The lowest BCUT2D eigenvalue weighted by molar-refractivity contribution is -0.506. The van der Waals surface area contributed by atoms with Crippen molar-refractivity contribution in [3.8, 4) is 0 Å². The van der Waals surface area contributed by atoms with Crippen molar-refractivity contribution in [3.05, 3.63) is 38.9 Å². The maximum atomic E-state index is 11.3. The van der Waals surface area contributed by atoms with Crippen molar-refractivity contribution in [1.29, 1.82) is 0 Å². The smallest absolute Gasteiger partial charge is 0.299 e. The lowest BCUT2D eigenvalue weighted by Crippen LogP contribution is -2.40. The number of hydrogen-bond donors (Lipinski definition) is 1. The Kier molecular flexibility index (Phi) is 2.32. The van der Waals surface area contributed by atoms with Crippen LogP contribution in [0.15, 0.2) is 18.2 Å². The lowest BCUT2D eigenvalue weighted by atomic mass is 10.00. The quantitative estimate of drug-likeness (QED) is 0.582. The number of carbonyl (C=O) groups is 1. The molecule has 6 heteroatoms. The number of nitrogens with one attached hydrogen (secondary N) is 1. The summed E-state index contributed by atoms with van der Waals surface area (Å²) in [7, 11) is 0. The number of amides is 1. The van der Waals surface area contributed by atoms with Gasteiger partial charge in [0.1, 0.15) is 0 Å². The molecule has 78 valence electrons. The highest BCUT2D eigenvalue weighted by molar-refractivity contribution is 6.31. The minimum atomic E-state index is -1.20. The standard InChI is InChI=1S/C9H7ClN2O3/c10-6-2-1-5-3-8(12(14)15)9(13)11-7(5)4-6/h1-2,4,8H,3H2,(H,11,13)/t8-/m1/s1. The maximum absolute atomic E-state index is 11.3. The third-order valence-electron chi connectivity index (χ3n) is 2.30. The van der Waals surface area contributed by atoms with Crippen LogP contribution in [0.25, 0.3) is 0 Å². The van der Waals surface area contributed by atoms with E-state index in [2.05, 4.69) is 5.32 Å². The van der Waals surface area contributed by atoms with Crippen LogP contribution in [0.1, 0.15) is 5.56 Å². The Balaban J connectivity index is 2.38. The highest BCUT2D eigenvalue weighted by atomic mass is 35.5. The Morgan fingerprint density at radius 3 is 2.93 bits per heavy atom. The van der Waals surface area contributed by atoms with Crippen molar-refractivity contribution in [2.45, 2.75) is 12.5 Å². The Labute approximate surface area is 90.2 Å². The SMILES string of the molecule is O=C1Nc2cc(Cl)ccc2C[C@H]1[N+](=O)[O-]. The van der Waals surface area contributed by atoms with E-state index in [4.69, 9.17) is 11.6 Å². The molecule has 1 aliphatic heterocycles. The number of nitrogens with zero attached hydrogens (tertiary/aromatic N) is 1. The van der Waals surface area contributed by atoms with Crippen molar-refractivity contribution in [3.63, 3.8) is 0 Å². The summed E-state index contributed by atoms with van der Waals surface area (Å²) in [5.41, 5.74) is 1.30. The molecule has 2 rings (SSSR count). The first-order chi connectivity index (χ1) is 7.08. The Bertz CT molecular complexity index is 447. The first-order valence-electron chi connectivity index (χ1n) is 4.30. The molecule has 1 aliphatic rings. The molecule has 1 amide bonds. The topological polar surface area (TPSA) is 72.2 Å². The van der Waals surface area contributed by atoms with Crippen molar-refractivity contribution in [1.82, 2.24) is 0 Å². The van der Waals surface area contributed by atoms with Gasteiger partial charge in [-0.05, 0) is 17.7 Å². The molecule has 0 spiro atoms. The molecule has 0 radical (unpaired) electrons. The summed E-state index contributed by atoms with van der Waals surface area (Å²) in [5.74, 6) is -0.588. The lowest BCUT2D eigenvalue weighted by Gasteiger charge is -2.19. The normalized spacial score (nSPS) is 19.3. The zero-order valence-electron chi connectivity index (χ0n) is 7.57. The molecular weight excluding hydrogens is 220 g/mol. The van der Waals surface area contributed by atoms with Crippen LogP contribution in [-0.4, -0.2) is 16.9 Å². The van der Waals surface area contributed by atoms with Gasteiger partial charge in [0, 0.05) is 15.6 Å². The average Bonchev–Trinajstić information content (AvgIpc) is 2.15. The molecule has 0 unspecified atom stereocenters. The molecular formula is C9H7ClN2O3. The number of nitro groups is 1. The van der Waals surface area contributed by atoms with Gasteiger partial charge in [-0.25, -0.2) is 0 Å². The van der Waals surface area contributed by atoms with Gasteiger partial charge in [-0.2, -0.15) is 0 Å². The Hall–Kier alpha value is -1.62. The zero-order valence-corrected chi connectivity index (χ0v) is 8.32. The summed E-state index contributed by atoms with van der Waals surface area (Å²) in [6, 6.07) is 3.73. The Morgan fingerprint density at radius 1 is 1.53 bits per heavy atom. The molecule has 1 heterocycles. The molecule has 0 aliphatic carbocycles. The van der Waals surface area contributed by atoms with E-state index < -0.39 is 16.9 Å². The summed E-state index contributed by atoms with van der Waals surface area (Å²) >= 11 is 5.74. The van der Waals surface area contributed by atoms with Crippen LogP contribution in [0, 0.1) is 10.1 Å². The second-order valence-electron chi connectivity index (χ2n) is 3.30. The second kappa shape index (κ2) is 3.51. The zero-order chi connectivity index (χ0) is 11.0. The molecule has 15 heavy (non-hydrogen) atoms. The van der Waals surface area contributed by atoms with Crippen molar-refractivity contribution in [2.75, 3.05) is 5.32 Å². The van der Waals surface area contributed by atoms with Crippen LogP contribution in [0.5, 0.6) is 0 Å². The van der Waals surface area contributed by atoms with Crippen molar-refractivity contribution < 1.29 is 9.72 Å². The molecule has 1 atom stereocenters. The van der Waals surface area contributed by atoms with Gasteiger partial charge in [-0.15, -0.1) is 0 Å². The van der Waals surface area contributed by atoms with E-state index in [0.29, 0.717) is 10.7 Å². The summed E-state index contributed by atoms with van der Waals surface area (Å²) in [5, 5.41) is 13.5. The predicted molar refractivity (Wildman–Crippen MR) is 54.6 cm³/mol. The van der Waals surface area contributed by atoms with E-state index in [0.717, 1.165) is 5.56 Å². The van der Waals surface area contributed by atoms with Gasteiger partial charge in [0.25, 0.3) is 11.9 Å². The number of halogens is 1. The fourth-order valence-corrected chi connectivity index (χ4v) is 1.70. The molecule has 0 bridgehead atoms. The molecule has 1 N–H and O–H groups in total. The van der Waals surface area contributed by atoms with E-state index >= 15 is 0 Å². The molecule has 1 aromatic carbocycles. The Morgan fingerprint density at radius 2 is 2.27 bits per heavy atom. The molecule has 1 aromatic rings. The van der Waals surface area contributed by atoms with Gasteiger partial charge in [0.2, 0.25) is 0 Å². The van der Waals surface area contributed by atoms with E-state index in [9.17, 15) is 14.9 Å². The fourth-order valence-electron chi connectivity index (χ4n) is 1.53. The van der Waals surface area contributed by atoms with Gasteiger partial charge < -0.3 is 5.32 Å². The number of carbonyl (C=O) groups excluding carboxylic acids is 1. The van der Waals surface area contributed by atoms with Crippen LogP contribution in [0.4, 0.5) is 5.69 Å². The predicted octanol–water partition coefficient (Wildman–Crippen LogP) is 1.48. The minimum Gasteiger partial charge on any atom is -0.320 e. The van der Waals surface area contributed by atoms with Crippen LogP contribution < -0.4 is 5.32 Å². The largest absolute Gasteiger partial charge is 0.320 e. The van der Waals surface area contributed by atoms with Gasteiger partial charge in [0.05, 0.1) is 6.42 Å². The van der Waals surface area contributed by atoms with Crippen LogP contribution >= 0.6 is 11.6 Å². The fraction of sp³-hybridized carbons (Fsp3) is 0.222. The highest BCUT2D eigenvalue weighted by Gasteiger charge is 2.35. The summed E-state index contributed by atoms with van der Waals surface area (Å²) < 4.78 is 0. The van der Waals surface area contributed by atoms with Gasteiger partial charge in [-0.1, -0.05) is 17.7 Å².